The van der Waals surface area contributed by atoms with E-state index in [0.29, 0.717) is 0 Å². The molecule has 3 aromatic rings. The Bertz CT molecular complexity index is 957. The van der Waals surface area contributed by atoms with Gasteiger partial charge in [0.1, 0.15) is 0 Å². The zero-order chi connectivity index (χ0) is 20.8. The summed E-state index contributed by atoms with van der Waals surface area (Å²) in [5.41, 5.74) is 7.02. The number of nitrogens with zero attached hydrogens (tertiary/aromatic N) is 1. The molecule has 3 nitrogen and oxygen atoms in total. The largest absolute Gasteiger partial charge is 0.273 e. The lowest BCUT2D eigenvalue weighted by atomic mass is 9.85. The van der Waals surface area contributed by atoms with Crippen molar-refractivity contribution in [1.29, 1.82) is 0 Å². The van der Waals surface area contributed by atoms with E-state index in [4.69, 9.17) is 0 Å². The molecule has 1 fully saturated rings. The van der Waals surface area contributed by atoms with Crippen molar-refractivity contribution in [2.75, 3.05) is 0 Å². The molecule has 0 bridgehead atoms. The summed E-state index contributed by atoms with van der Waals surface area (Å²) in [6.07, 6.45) is 3.80. The fourth-order valence-electron chi connectivity index (χ4n) is 4.30. The van der Waals surface area contributed by atoms with Crippen molar-refractivity contribution >= 4 is 11.6 Å². The topological polar surface area (TPSA) is 41.5 Å². The normalized spacial score (nSPS) is 17.4. The molecule has 0 aliphatic heterocycles. The average molecular weight is 397 g/mol. The molecule has 0 saturated heterocycles. The van der Waals surface area contributed by atoms with Gasteiger partial charge in [0.25, 0.3) is 0 Å². The van der Waals surface area contributed by atoms with Crippen molar-refractivity contribution in [3.63, 3.8) is 0 Å². The SMILES string of the molecule is CCCCC(=NNC(=O)[C@H]1CC1(c1ccccc1)c1ccccc1)c1ccccc1. The Morgan fingerprint density at radius 3 is 1.97 bits per heavy atom. The molecule has 1 aliphatic carbocycles. The van der Waals surface area contributed by atoms with E-state index >= 15 is 0 Å². The Labute approximate surface area is 178 Å². The van der Waals surface area contributed by atoms with Gasteiger partial charge < -0.3 is 0 Å². The quantitative estimate of drug-likeness (QED) is 0.385. The van der Waals surface area contributed by atoms with E-state index in [2.05, 4.69) is 53.8 Å². The second-order valence-electron chi connectivity index (χ2n) is 7.96. The molecule has 152 valence electrons. The fraction of sp³-hybridized carbons (Fsp3) is 0.259. The van der Waals surface area contributed by atoms with Crippen LogP contribution in [0, 0.1) is 5.92 Å². The zero-order valence-corrected chi connectivity index (χ0v) is 17.4. The third kappa shape index (κ3) is 4.06. The molecule has 1 N–H and O–H groups in total. The molecule has 1 aliphatic rings. The standard InChI is InChI=1S/C27H28N2O/c1-2-3-19-25(21-13-7-4-8-14-21)28-29-26(30)24-20-27(24,22-15-9-5-10-16-22)23-17-11-6-12-18-23/h4-18,24H,2-3,19-20H2,1H3,(H,29,30)/t24-/m1/s1. The van der Waals surface area contributed by atoms with E-state index in [1.165, 1.54) is 11.1 Å². The molecule has 0 aromatic heterocycles. The minimum absolute atomic E-state index is 0.00682. The molecular formula is C27H28N2O. The molecule has 0 spiro atoms. The van der Waals surface area contributed by atoms with Gasteiger partial charge in [-0.2, -0.15) is 5.10 Å². The highest BCUT2D eigenvalue weighted by Crippen LogP contribution is 2.58. The highest BCUT2D eigenvalue weighted by Gasteiger charge is 2.60. The molecule has 30 heavy (non-hydrogen) atoms. The first-order valence-corrected chi connectivity index (χ1v) is 10.8. The monoisotopic (exact) mass is 396 g/mol. The molecule has 1 amide bonds. The Morgan fingerprint density at radius 1 is 0.900 bits per heavy atom. The summed E-state index contributed by atoms with van der Waals surface area (Å²) >= 11 is 0. The van der Waals surface area contributed by atoms with E-state index < -0.39 is 0 Å². The highest BCUT2D eigenvalue weighted by molar-refractivity contribution is 6.01. The van der Waals surface area contributed by atoms with Gasteiger partial charge in [0.05, 0.1) is 11.6 Å². The Kier molecular flexibility index (Phi) is 6.08. The van der Waals surface area contributed by atoms with Gasteiger partial charge in [-0.25, -0.2) is 5.43 Å². The molecule has 4 rings (SSSR count). The minimum atomic E-state index is -0.265. The van der Waals surface area contributed by atoms with E-state index in [0.717, 1.165) is 37.0 Å². The molecule has 0 radical (unpaired) electrons. The van der Waals surface area contributed by atoms with Crippen molar-refractivity contribution in [2.24, 2.45) is 11.0 Å². The molecule has 1 atom stereocenters. The maximum absolute atomic E-state index is 13.2. The van der Waals surface area contributed by atoms with Gasteiger partial charge in [0.2, 0.25) is 5.91 Å². The molecule has 3 heteroatoms. The van der Waals surface area contributed by atoms with Crippen LogP contribution in [-0.2, 0) is 10.2 Å². The third-order valence-corrected chi connectivity index (χ3v) is 6.03. The Hall–Kier alpha value is -3.20. The van der Waals surface area contributed by atoms with E-state index in [9.17, 15) is 4.79 Å². The zero-order valence-electron chi connectivity index (χ0n) is 17.4. The number of amides is 1. The van der Waals surface area contributed by atoms with E-state index in [1.54, 1.807) is 0 Å². The lowest BCUT2D eigenvalue weighted by Gasteiger charge is -2.18. The Balaban J connectivity index is 1.58. The first-order chi connectivity index (χ1) is 14.8. The molecule has 0 heterocycles. The minimum Gasteiger partial charge on any atom is -0.273 e. The van der Waals surface area contributed by atoms with Crippen molar-refractivity contribution in [2.45, 2.75) is 38.0 Å². The molecule has 3 aromatic carbocycles. The lowest BCUT2D eigenvalue weighted by Crippen LogP contribution is -2.26. The number of carbonyl (C=O) groups is 1. The summed E-state index contributed by atoms with van der Waals surface area (Å²) in [6.45, 7) is 2.17. The van der Waals surface area contributed by atoms with E-state index in [-0.39, 0.29) is 17.2 Å². The molecular weight excluding hydrogens is 368 g/mol. The summed E-state index contributed by atoms with van der Waals surface area (Å²) in [7, 11) is 0. The first-order valence-electron chi connectivity index (χ1n) is 10.8. The summed E-state index contributed by atoms with van der Waals surface area (Å²) < 4.78 is 0. The van der Waals surface area contributed by atoms with Gasteiger partial charge in [-0.1, -0.05) is 104 Å². The predicted octanol–water partition coefficient (Wildman–Crippen LogP) is 5.70. The number of unbranched alkanes of at least 4 members (excludes halogenated alkanes) is 1. The van der Waals surface area contributed by atoms with Crippen LogP contribution in [0.4, 0.5) is 0 Å². The number of hydrogen-bond donors (Lipinski definition) is 1. The van der Waals surface area contributed by atoms with Crippen LogP contribution < -0.4 is 5.43 Å². The number of carbonyl (C=O) groups excluding carboxylic acids is 1. The Morgan fingerprint density at radius 2 is 1.43 bits per heavy atom. The van der Waals surface area contributed by atoms with Crippen LogP contribution in [0.1, 0.15) is 49.3 Å². The number of rotatable bonds is 8. The maximum Gasteiger partial charge on any atom is 0.244 e. The number of hydrazone groups is 1. The molecule has 0 unspecified atom stereocenters. The average Bonchev–Trinajstić information content (AvgIpc) is 3.58. The summed E-state index contributed by atoms with van der Waals surface area (Å²) in [6, 6.07) is 30.8. The second-order valence-corrected chi connectivity index (χ2v) is 7.96. The fourth-order valence-corrected chi connectivity index (χ4v) is 4.30. The van der Waals surface area contributed by atoms with Crippen LogP contribution in [-0.4, -0.2) is 11.6 Å². The number of nitrogens with one attached hydrogen (secondary N) is 1. The summed E-state index contributed by atoms with van der Waals surface area (Å²) in [5, 5.41) is 4.56. The van der Waals surface area contributed by atoms with Crippen molar-refractivity contribution in [3.8, 4) is 0 Å². The molecule has 1 saturated carbocycles. The highest BCUT2D eigenvalue weighted by atomic mass is 16.2. The first kappa shape index (κ1) is 20.1. The van der Waals surface area contributed by atoms with Gasteiger partial charge >= 0.3 is 0 Å². The van der Waals surface area contributed by atoms with E-state index in [1.807, 2.05) is 54.6 Å². The van der Waals surface area contributed by atoms with Gasteiger partial charge in [0, 0.05) is 5.41 Å². The summed E-state index contributed by atoms with van der Waals surface area (Å²) in [5.74, 6) is -0.123. The second kappa shape index (κ2) is 9.08. The van der Waals surface area contributed by atoms with Crippen LogP contribution >= 0.6 is 0 Å². The smallest absolute Gasteiger partial charge is 0.244 e. The van der Waals surface area contributed by atoms with Gasteiger partial charge in [-0.05, 0) is 36.0 Å². The van der Waals surface area contributed by atoms with Gasteiger partial charge in [0.15, 0.2) is 0 Å². The van der Waals surface area contributed by atoms with Crippen LogP contribution in [0.25, 0.3) is 0 Å². The number of benzene rings is 3. The summed E-state index contributed by atoms with van der Waals surface area (Å²) in [4.78, 5) is 13.2. The van der Waals surface area contributed by atoms with Crippen LogP contribution in [0.3, 0.4) is 0 Å². The van der Waals surface area contributed by atoms with Crippen molar-refractivity contribution < 1.29 is 4.79 Å². The van der Waals surface area contributed by atoms with Crippen molar-refractivity contribution in [1.82, 2.24) is 5.43 Å². The lowest BCUT2D eigenvalue weighted by molar-refractivity contribution is -0.122. The van der Waals surface area contributed by atoms with Gasteiger partial charge in [-0.15, -0.1) is 0 Å². The number of hydrogen-bond acceptors (Lipinski definition) is 2. The van der Waals surface area contributed by atoms with Crippen LogP contribution in [0.5, 0.6) is 0 Å². The maximum atomic E-state index is 13.2. The van der Waals surface area contributed by atoms with Crippen LogP contribution in [0.15, 0.2) is 96.1 Å². The van der Waals surface area contributed by atoms with Gasteiger partial charge in [-0.3, -0.25) is 4.79 Å². The van der Waals surface area contributed by atoms with Crippen molar-refractivity contribution in [3.05, 3.63) is 108 Å². The van der Waals surface area contributed by atoms with Crippen LogP contribution in [0.2, 0.25) is 0 Å². The third-order valence-electron chi connectivity index (χ3n) is 6.03. The predicted molar refractivity (Wildman–Crippen MR) is 122 cm³/mol.